The average Bonchev–Trinajstić information content (AvgIpc) is 2.95. The number of nitrogens with one attached hydrogen (secondary N) is 1. The summed E-state index contributed by atoms with van der Waals surface area (Å²) in [7, 11) is -2.55. The van der Waals surface area contributed by atoms with Gasteiger partial charge in [-0.25, -0.2) is 8.42 Å². The highest BCUT2D eigenvalue weighted by atomic mass is 32.2. The first-order valence-electron chi connectivity index (χ1n) is 6.19. The quantitative estimate of drug-likeness (QED) is 0.850. The Morgan fingerprint density at radius 1 is 1.25 bits per heavy atom. The number of hydrogen-bond acceptors (Lipinski definition) is 7. The summed E-state index contributed by atoms with van der Waals surface area (Å²) < 4.78 is 66.2. The van der Waals surface area contributed by atoms with E-state index in [4.69, 9.17) is 4.74 Å². The molecule has 0 radical (unpaired) electrons. The van der Waals surface area contributed by atoms with Crippen LogP contribution in [0.2, 0.25) is 0 Å². The first-order valence-corrected chi connectivity index (χ1v) is 8.66. The van der Waals surface area contributed by atoms with Gasteiger partial charge in [-0.1, -0.05) is 11.3 Å². The SMILES string of the molecule is COc1ccc(S(=O)(=O)CC(=O)Nc2nnc(C(F)(F)F)s2)cc1. The molecule has 0 aliphatic heterocycles. The molecule has 12 heteroatoms. The summed E-state index contributed by atoms with van der Waals surface area (Å²) in [5.41, 5.74) is 0. The fourth-order valence-electron chi connectivity index (χ4n) is 1.58. The minimum atomic E-state index is -4.68. The van der Waals surface area contributed by atoms with Crippen LogP contribution in [0, 0.1) is 0 Å². The van der Waals surface area contributed by atoms with Crippen LogP contribution in [0.5, 0.6) is 5.75 Å². The molecule has 0 atom stereocenters. The monoisotopic (exact) mass is 381 g/mol. The van der Waals surface area contributed by atoms with Crippen molar-refractivity contribution in [3.05, 3.63) is 29.3 Å². The van der Waals surface area contributed by atoms with Gasteiger partial charge in [0.15, 0.2) is 9.84 Å². The molecule has 0 aliphatic carbocycles. The van der Waals surface area contributed by atoms with Crippen molar-refractivity contribution in [1.29, 1.82) is 0 Å². The molecule has 0 fully saturated rings. The zero-order valence-electron chi connectivity index (χ0n) is 12.0. The van der Waals surface area contributed by atoms with E-state index in [0.717, 1.165) is 0 Å². The van der Waals surface area contributed by atoms with Gasteiger partial charge in [0.1, 0.15) is 11.5 Å². The third-order valence-electron chi connectivity index (χ3n) is 2.65. The third-order valence-corrected chi connectivity index (χ3v) is 5.17. The summed E-state index contributed by atoms with van der Waals surface area (Å²) in [6.07, 6.45) is -4.68. The van der Waals surface area contributed by atoms with Gasteiger partial charge in [-0.2, -0.15) is 13.2 Å². The lowest BCUT2D eigenvalue weighted by Gasteiger charge is -2.05. The molecule has 0 unspecified atom stereocenters. The van der Waals surface area contributed by atoms with E-state index in [1.807, 2.05) is 5.32 Å². The fourth-order valence-corrected chi connectivity index (χ4v) is 3.34. The molecule has 0 spiro atoms. The minimum absolute atomic E-state index is 0.104. The number of nitrogens with zero attached hydrogens (tertiary/aromatic N) is 2. The number of halogens is 3. The highest BCUT2D eigenvalue weighted by Gasteiger charge is 2.36. The summed E-state index contributed by atoms with van der Waals surface area (Å²) in [4.78, 5) is 11.6. The van der Waals surface area contributed by atoms with E-state index >= 15 is 0 Å². The van der Waals surface area contributed by atoms with E-state index in [-0.39, 0.29) is 16.2 Å². The number of anilines is 1. The lowest BCUT2D eigenvalue weighted by atomic mass is 10.3. The Morgan fingerprint density at radius 3 is 2.38 bits per heavy atom. The predicted octanol–water partition coefficient (Wildman–Crippen LogP) is 1.98. The van der Waals surface area contributed by atoms with Crippen molar-refractivity contribution < 1.29 is 31.1 Å². The van der Waals surface area contributed by atoms with Crippen molar-refractivity contribution in [2.45, 2.75) is 11.1 Å². The number of methoxy groups -OCH3 is 1. The van der Waals surface area contributed by atoms with Gasteiger partial charge in [-0.05, 0) is 24.3 Å². The van der Waals surface area contributed by atoms with Gasteiger partial charge >= 0.3 is 6.18 Å². The van der Waals surface area contributed by atoms with Crippen LogP contribution < -0.4 is 10.1 Å². The second-order valence-corrected chi connectivity index (χ2v) is 7.36. The number of ether oxygens (including phenoxy) is 1. The second kappa shape index (κ2) is 6.73. The molecule has 1 N–H and O–H groups in total. The van der Waals surface area contributed by atoms with Gasteiger partial charge in [-0.3, -0.25) is 10.1 Å². The third kappa shape index (κ3) is 4.41. The fraction of sp³-hybridized carbons (Fsp3) is 0.250. The highest BCUT2D eigenvalue weighted by Crippen LogP contribution is 2.33. The van der Waals surface area contributed by atoms with Crippen molar-refractivity contribution in [1.82, 2.24) is 10.2 Å². The van der Waals surface area contributed by atoms with Crippen LogP contribution in [0.3, 0.4) is 0 Å². The maximum absolute atomic E-state index is 12.4. The number of carbonyl (C=O) groups is 1. The molecule has 1 heterocycles. The normalized spacial score (nSPS) is 12.0. The van der Waals surface area contributed by atoms with Crippen LogP contribution in [-0.4, -0.2) is 37.4 Å². The number of alkyl halides is 3. The van der Waals surface area contributed by atoms with Crippen molar-refractivity contribution >= 4 is 32.2 Å². The molecule has 2 aromatic rings. The van der Waals surface area contributed by atoms with Crippen molar-refractivity contribution in [2.75, 3.05) is 18.2 Å². The Kier molecular flexibility index (Phi) is 5.08. The van der Waals surface area contributed by atoms with Crippen LogP contribution in [0.15, 0.2) is 29.2 Å². The van der Waals surface area contributed by atoms with Crippen molar-refractivity contribution in [3.63, 3.8) is 0 Å². The highest BCUT2D eigenvalue weighted by molar-refractivity contribution is 7.92. The van der Waals surface area contributed by atoms with Crippen molar-refractivity contribution in [3.8, 4) is 5.75 Å². The van der Waals surface area contributed by atoms with Gasteiger partial charge in [0.05, 0.1) is 12.0 Å². The topological polar surface area (TPSA) is 98.2 Å². The second-order valence-electron chi connectivity index (χ2n) is 4.39. The Bertz CT molecular complexity index is 832. The smallest absolute Gasteiger partial charge is 0.445 e. The number of hydrogen-bond donors (Lipinski definition) is 1. The lowest BCUT2D eigenvalue weighted by molar-refractivity contribution is -0.138. The molecule has 0 saturated carbocycles. The van der Waals surface area contributed by atoms with Gasteiger partial charge in [0, 0.05) is 0 Å². The molecule has 0 bridgehead atoms. The molecule has 2 rings (SSSR count). The van der Waals surface area contributed by atoms with Gasteiger partial charge < -0.3 is 4.74 Å². The molecule has 130 valence electrons. The van der Waals surface area contributed by atoms with E-state index in [2.05, 4.69) is 10.2 Å². The van der Waals surface area contributed by atoms with Gasteiger partial charge in [-0.15, -0.1) is 10.2 Å². The van der Waals surface area contributed by atoms with Crippen LogP contribution in [0.1, 0.15) is 5.01 Å². The van der Waals surface area contributed by atoms with Crippen LogP contribution in [0.25, 0.3) is 0 Å². The lowest BCUT2D eigenvalue weighted by Crippen LogP contribution is -2.23. The first-order chi connectivity index (χ1) is 11.1. The Hall–Kier alpha value is -2.21. The summed E-state index contributed by atoms with van der Waals surface area (Å²) in [5, 5.41) is 6.34. The molecular formula is C12H10F3N3O4S2. The minimum Gasteiger partial charge on any atom is -0.497 e. The maximum atomic E-state index is 12.4. The standard InChI is InChI=1S/C12H10F3N3O4S2/c1-22-7-2-4-8(5-3-7)24(20,21)6-9(19)16-11-18-17-10(23-11)12(13,14)15/h2-5H,6H2,1H3,(H,16,18,19). The summed E-state index contributed by atoms with van der Waals surface area (Å²) in [6.45, 7) is 0. The molecule has 1 aromatic heterocycles. The molecule has 24 heavy (non-hydrogen) atoms. The number of amides is 1. The predicted molar refractivity (Wildman–Crippen MR) is 78.6 cm³/mol. The number of benzene rings is 1. The van der Waals surface area contributed by atoms with E-state index in [1.165, 1.54) is 31.4 Å². The van der Waals surface area contributed by atoms with E-state index in [0.29, 0.717) is 5.75 Å². The Morgan fingerprint density at radius 2 is 1.88 bits per heavy atom. The summed E-state index contributed by atoms with van der Waals surface area (Å²) in [6, 6.07) is 5.33. The molecular weight excluding hydrogens is 371 g/mol. The maximum Gasteiger partial charge on any atom is 0.445 e. The van der Waals surface area contributed by atoms with Crippen molar-refractivity contribution in [2.24, 2.45) is 0 Å². The van der Waals surface area contributed by atoms with Crippen LogP contribution >= 0.6 is 11.3 Å². The number of carbonyl (C=O) groups excluding carboxylic acids is 1. The first kappa shape index (κ1) is 18.1. The molecule has 1 aromatic carbocycles. The zero-order chi connectivity index (χ0) is 18.0. The van der Waals surface area contributed by atoms with E-state index in [9.17, 15) is 26.4 Å². The van der Waals surface area contributed by atoms with Crippen LogP contribution in [0.4, 0.5) is 18.3 Å². The molecule has 7 nitrogen and oxygen atoms in total. The van der Waals surface area contributed by atoms with Gasteiger partial charge in [0.2, 0.25) is 16.0 Å². The van der Waals surface area contributed by atoms with Gasteiger partial charge in [0.25, 0.3) is 0 Å². The molecule has 1 amide bonds. The Balaban J connectivity index is 2.06. The Labute approximate surface area is 138 Å². The largest absolute Gasteiger partial charge is 0.497 e. The number of rotatable bonds is 5. The number of sulfone groups is 1. The van der Waals surface area contributed by atoms with E-state index < -0.39 is 37.8 Å². The summed E-state index contributed by atoms with van der Waals surface area (Å²) >= 11 is 0.104. The summed E-state index contributed by atoms with van der Waals surface area (Å²) in [5.74, 6) is -1.53. The molecule has 0 saturated heterocycles. The zero-order valence-corrected chi connectivity index (χ0v) is 13.6. The molecule has 0 aliphatic rings. The van der Waals surface area contributed by atoms with Crippen LogP contribution in [-0.2, 0) is 20.8 Å². The number of aromatic nitrogens is 2. The van der Waals surface area contributed by atoms with E-state index in [1.54, 1.807) is 0 Å². The average molecular weight is 381 g/mol.